The Balaban J connectivity index is 1.82. The Bertz CT molecular complexity index is 1630. The van der Waals surface area contributed by atoms with Gasteiger partial charge in [-0.3, -0.25) is 4.68 Å². The minimum Gasteiger partial charge on any atom is -0.275 e. The van der Waals surface area contributed by atoms with Crippen LogP contribution in [0.5, 0.6) is 0 Å². The third-order valence-corrected chi connectivity index (χ3v) is 6.25. The van der Waals surface area contributed by atoms with Crippen molar-refractivity contribution in [2.75, 3.05) is 0 Å². The van der Waals surface area contributed by atoms with E-state index in [1.54, 1.807) is 20.2 Å². The Kier molecular flexibility index (Phi) is 6.11. The summed E-state index contributed by atoms with van der Waals surface area (Å²) in [6.45, 7) is 5.57. The highest BCUT2D eigenvalue weighted by atomic mass is 35.5. The molecule has 3 aromatic heterocycles. The van der Waals surface area contributed by atoms with Crippen LogP contribution in [0.3, 0.4) is 0 Å². The summed E-state index contributed by atoms with van der Waals surface area (Å²) in [7, 11) is 1.69. The molecule has 0 unspecified atom stereocenters. The first-order valence-electron chi connectivity index (χ1n) is 11.4. The van der Waals surface area contributed by atoms with Gasteiger partial charge in [-0.15, -0.1) is 0 Å². The molecule has 37 heavy (non-hydrogen) atoms. The molecule has 0 N–H and O–H groups in total. The van der Waals surface area contributed by atoms with Crippen molar-refractivity contribution in [1.82, 2.24) is 29.5 Å². The first kappa shape index (κ1) is 24.7. The van der Waals surface area contributed by atoms with E-state index in [1.165, 1.54) is 9.36 Å². The molecule has 6 nitrogen and oxygen atoms in total. The number of hydrogen-bond acceptors (Lipinski definition) is 4. The maximum absolute atomic E-state index is 14.0. The molecule has 0 aliphatic heterocycles. The molecule has 5 rings (SSSR count). The predicted octanol–water partition coefficient (Wildman–Crippen LogP) is 6.99. The van der Waals surface area contributed by atoms with Gasteiger partial charge >= 0.3 is 6.18 Å². The van der Waals surface area contributed by atoms with Crippen LogP contribution in [0.25, 0.3) is 39.7 Å². The largest absolute Gasteiger partial charge is 0.433 e. The van der Waals surface area contributed by atoms with Gasteiger partial charge in [0.25, 0.3) is 5.95 Å². The van der Waals surface area contributed by atoms with E-state index >= 15 is 0 Å². The summed E-state index contributed by atoms with van der Waals surface area (Å²) < 4.78 is 44.8. The van der Waals surface area contributed by atoms with Gasteiger partial charge in [-0.1, -0.05) is 59.1 Å². The number of aryl methyl sites for hydroxylation is 4. The smallest absolute Gasteiger partial charge is 0.275 e. The number of benzene rings is 2. The van der Waals surface area contributed by atoms with Crippen LogP contribution in [-0.2, 0) is 13.2 Å². The summed E-state index contributed by atoms with van der Waals surface area (Å²) in [6.07, 6.45) is -3.08. The Morgan fingerprint density at radius 3 is 2.08 bits per heavy atom. The van der Waals surface area contributed by atoms with Crippen LogP contribution in [-0.4, -0.2) is 29.5 Å². The highest BCUT2D eigenvalue weighted by Gasteiger charge is 2.35. The molecular weight excluding hydrogens is 501 g/mol. The SMILES string of the molecule is Cc1cccc(-c2nn(-c3nc(-c4cn(C)nc4C)cc(C(F)(F)F)n3)c(-c3cccc(C)c3)c2Cl)c1. The van der Waals surface area contributed by atoms with Crippen LogP contribution in [0.1, 0.15) is 22.5 Å². The second kappa shape index (κ2) is 9.15. The van der Waals surface area contributed by atoms with Crippen molar-refractivity contribution in [3.63, 3.8) is 0 Å². The zero-order chi connectivity index (χ0) is 26.5. The third-order valence-electron chi connectivity index (χ3n) is 5.89. The molecule has 0 saturated carbocycles. The fourth-order valence-electron chi connectivity index (χ4n) is 4.23. The number of hydrogen-bond donors (Lipinski definition) is 0. The number of rotatable bonds is 4. The molecule has 5 aromatic rings. The van der Waals surface area contributed by atoms with E-state index in [2.05, 4.69) is 20.2 Å². The molecule has 0 atom stereocenters. The summed E-state index contributed by atoms with van der Waals surface area (Å²) in [5, 5.41) is 9.20. The highest BCUT2D eigenvalue weighted by Crippen LogP contribution is 2.39. The summed E-state index contributed by atoms with van der Waals surface area (Å²) in [4.78, 5) is 8.40. The fourth-order valence-corrected chi connectivity index (χ4v) is 4.56. The Morgan fingerprint density at radius 1 is 0.838 bits per heavy atom. The van der Waals surface area contributed by atoms with E-state index in [4.69, 9.17) is 11.6 Å². The van der Waals surface area contributed by atoms with Gasteiger partial charge in [0.1, 0.15) is 5.69 Å². The van der Waals surface area contributed by atoms with Gasteiger partial charge < -0.3 is 0 Å². The first-order chi connectivity index (χ1) is 17.5. The van der Waals surface area contributed by atoms with Gasteiger partial charge in [-0.2, -0.15) is 28.1 Å². The lowest BCUT2D eigenvalue weighted by atomic mass is 10.1. The average Bonchev–Trinajstić information content (AvgIpc) is 3.36. The van der Waals surface area contributed by atoms with E-state index < -0.39 is 11.9 Å². The molecule has 0 aliphatic rings. The number of alkyl halides is 3. The normalized spacial score (nSPS) is 11.8. The molecule has 3 heterocycles. The molecule has 0 spiro atoms. The molecular formula is C27H22ClF3N6. The number of nitrogens with zero attached hydrogens (tertiary/aromatic N) is 6. The summed E-state index contributed by atoms with van der Waals surface area (Å²) >= 11 is 6.89. The lowest BCUT2D eigenvalue weighted by Gasteiger charge is -2.12. The predicted molar refractivity (Wildman–Crippen MR) is 136 cm³/mol. The number of halogens is 4. The lowest BCUT2D eigenvalue weighted by Crippen LogP contribution is -2.14. The molecule has 0 amide bonds. The van der Waals surface area contributed by atoms with Crippen LogP contribution in [0.15, 0.2) is 60.8 Å². The quantitative estimate of drug-likeness (QED) is 0.255. The summed E-state index contributed by atoms with van der Waals surface area (Å²) in [5.74, 6) is -0.245. The van der Waals surface area contributed by atoms with Crippen molar-refractivity contribution >= 4 is 11.6 Å². The van der Waals surface area contributed by atoms with E-state index in [9.17, 15) is 13.2 Å². The Hall–Kier alpha value is -3.98. The van der Waals surface area contributed by atoms with Crippen LogP contribution >= 0.6 is 11.6 Å². The van der Waals surface area contributed by atoms with Gasteiger partial charge in [0.05, 0.1) is 22.1 Å². The van der Waals surface area contributed by atoms with E-state index in [0.29, 0.717) is 28.2 Å². The minimum atomic E-state index is -4.71. The molecule has 0 aliphatic carbocycles. The van der Waals surface area contributed by atoms with Crippen molar-refractivity contribution in [3.05, 3.63) is 88.3 Å². The third kappa shape index (κ3) is 4.74. The van der Waals surface area contributed by atoms with Crippen molar-refractivity contribution in [1.29, 1.82) is 0 Å². The molecule has 0 bridgehead atoms. The van der Waals surface area contributed by atoms with Gasteiger partial charge in [0, 0.05) is 29.9 Å². The second-order valence-corrected chi connectivity index (χ2v) is 9.28. The maximum atomic E-state index is 14.0. The Morgan fingerprint density at radius 2 is 1.49 bits per heavy atom. The van der Waals surface area contributed by atoms with Crippen LogP contribution in [0.2, 0.25) is 5.02 Å². The van der Waals surface area contributed by atoms with Crippen molar-refractivity contribution < 1.29 is 13.2 Å². The van der Waals surface area contributed by atoms with Gasteiger partial charge in [-0.25, -0.2) is 9.97 Å². The van der Waals surface area contributed by atoms with Crippen LogP contribution in [0, 0.1) is 20.8 Å². The molecule has 0 fully saturated rings. The summed E-state index contributed by atoms with van der Waals surface area (Å²) in [6, 6.07) is 16.0. The standard InChI is InChI=1S/C27H22ClF3N6/c1-15-7-5-9-18(11-15)24-23(28)25(19-10-6-8-16(2)12-19)37(35-24)26-32-21(13-22(33-26)27(29,30)31)20-14-36(4)34-17(20)3/h5-14H,1-4H3. The average molecular weight is 523 g/mol. The van der Waals surface area contributed by atoms with Gasteiger partial charge in [0.15, 0.2) is 5.69 Å². The fraction of sp³-hybridized carbons (Fsp3) is 0.185. The molecule has 188 valence electrons. The van der Waals surface area contributed by atoms with Crippen molar-refractivity contribution in [2.45, 2.75) is 26.9 Å². The zero-order valence-corrected chi connectivity index (χ0v) is 21.2. The second-order valence-electron chi connectivity index (χ2n) is 8.90. The van der Waals surface area contributed by atoms with E-state index in [1.807, 2.05) is 62.4 Å². The number of aromatic nitrogens is 6. The van der Waals surface area contributed by atoms with E-state index in [-0.39, 0.29) is 16.7 Å². The molecule has 2 aromatic carbocycles. The topological polar surface area (TPSA) is 61.4 Å². The molecule has 0 saturated heterocycles. The van der Waals surface area contributed by atoms with E-state index in [0.717, 1.165) is 22.8 Å². The first-order valence-corrected chi connectivity index (χ1v) is 11.8. The lowest BCUT2D eigenvalue weighted by molar-refractivity contribution is -0.141. The zero-order valence-electron chi connectivity index (χ0n) is 20.5. The minimum absolute atomic E-state index is 0.0850. The maximum Gasteiger partial charge on any atom is 0.433 e. The van der Waals surface area contributed by atoms with Crippen molar-refractivity contribution in [3.8, 4) is 39.7 Å². The van der Waals surface area contributed by atoms with Crippen LogP contribution < -0.4 is 0 Å². The monoisotopic (exact) mass is 522 g/mol. The molecule has 0 radical (unpaired) electrons. The van der Waals surface area contributed by atoms with Crippen LogP contribution in [0.4, 0.5) is 13.2 Å². The van der Waals surface area contributed by atoms with Crippen molar-refractivity contribution in [2.24, 2.45) is 7.05 Å². The van der Waals surface area contributed by atoms with Gasteiger partial charge in [0.2, 0.25) is 0 Å². The summed E-state index contributed by atoms with van der Waals surface area (Å²) in [5.41, 5.74) is 4.17. The highest BCUT2D eigenvalue weighted by molar-refractivity contribution is 6.35. The van der Waals surface area contributed by atoms with Gasteiger partial charge in [-0.05, 0) is 39.0 Å². The Labute approximate surface area is 216 Å². The molecule has 10 heteroatoms.